The number of carboxylic acids is 1. The van der Waals surface area contributed by atoms with Crippen LogP contribution < -0.4 is 20.3 Å². The lowest BCUT2D eigenvalue weighted by Gasteiger charge is -2.20. The maximum atomic E-state index is 13.2. The lowest BCUT2D eigenvalue weighted by atomic mass is 10.1. The van der Waals surface area contributed by atoms with Gasteiger partial charge in [0.2, 0.25) is 5.95 Å². The summed E-state index contributed by atoms with van der Waals surface area (Å²) in [4.78, 5) is 35.2. The number of carbonyl (C=O) groups is 2. The topological polar surface area (TPSA) is 154 Å². The van der Waals surface area contributed by atoms with Crippen LogP contribution in [0.25, 0.3) is 0 Å². The van der Waals surface area contributed by atoms with Crippen molar-refractivity contribution < 1.29 is 32.2 Å². The number of ether oxygens (including phenoxy) is 1. The number of aromatic nitrogens is 2. The second-order valence-electron chi connectivity index (χ2n) is 8.86. The fraction of sp³-hybridized carbons (Fsp3) is 0.280. The van der Waals surface area contributed by atoms with Gasteiger partial charge in [0.25, 0.3) is 0 Å². The molecule has 12 nitrogen and oxygen atoms in total. The molecule has 0 bridgehead atoms. The molecule has 1 amide bonds. The van der Waals surface area contributed by atoms with Crippen LogP contribution in [-0.4, -0.2) is 80.6 Å². The quantitative estimate of drug-likeness (QED) is 0.297. The van der Waals surface area contributed by atoms with E-state index in [4.69, 9.17) is 4.74 Å². The van der Waals surface area contributed by atoms with E-state index in [-0.39, 0.29) is 28.8 Å². The van der Waals surface area contributed by atoms with E-state index in [1.165, 1.54) is 11.1 Å². The zero-order valence-electron chi connectivity index (χ0n) is 21.8. The molecular weight excluding hydrogens is 531 g/mol. The summed E-state index contributed by atoms with van der Waals surface area (Å²) in [7, 11) is 2.64. The van der Waals surface area contributed by atoms with Crippen molar-refractivity contribution in [3.63, 3.8) is 0 Å². The molecule has 1 unspecified atom stereocenters. The van der Waals surface area contributed by atoms with Gasteiger partial charge in [-0.3, -0.25) is 0 Å². The summed E-state index contributed by atoms with van der Waals surface area (Å²) in [6.45, 7) is 0. The van der Waals surface area contributed by atoms with E-state index < -0.39 is 39.6 Å². The van der Waals surface area contributed by atoms with E-state index in [9.17, 15) is 27.5 Å². The van der Waals surface area contributed by atoms with Crippen molar-refractivity contribution in [3.05, 3.63) is 66.1 Å². The second kappa shape index (κ2) is 12.4. The molecular formula is C25H29FN6O6S. The van der Waals surface area contributed by atoms with Gasteiger partial charge in [0.05, 0.1) is 16.8 Å². The number of halogens is 1. The number of carboxylic acid groups (broad SMARTS) is 1. The van der Waals surface area contributed by atoms with Crippen molar-refractivity contribution in [1.82, 2.24) is 14.9 Å². The molecule has 14 heteroatoms. The van der Waals surface area contributed by atoms with E-state index in [1.807, 2.05) is 0 Å². The minimum atomic E-state index is -3.86. The van der Waals surface area contributed by atoms with Crippen LogP contribution in [0.3, 0.4) is 0 Å². The van der Waals surface area contributed by atoms with Gasteiger partial charge in [0, 0.05) is 34.6 Å². The summed E-state index contributed by atoms with van der Waals surface area (Å²) in [6, 6.07) is 9.63. The summed E-state index contributed by atoms with van der Waals surface area (Å²) in [6.07, 6.45) is 0.832. The number of anilines is 3. The zero-order valence-corrected chi connectivity index (χ0v) is 22.6. The summed E-state index contributed by atoms with van der Waals surface area (Å²) in [5.41, 5.74) is 0.790. The first-order valence-electron chi connectivity index (χ1n) is 11.6. The minimum Gasteiger partial charge on any atom is -0.480 e. The van der Waals surface area contributed by atoms with Crippen LogP contribution in [0.5, 0.6) is 5.75 Å². The third-order valence-electron chi connectivity index (χ3n) is 5.34. The standard InChI is InChI=1S/C25H29FN6O6S/c1-31(2)24-27-14-21(28-15-39(36,37)19-11-7-17(26)8-12-19)22(30-24)29-20(23(33)34)13-16-5-9-18(10-6-16)38-25(35)32(3)4/h5-12,14,20,28H,13,15H2,1-4H3,(H,33,34)(H,27,29,30). The number of rotatable bonds is 11. The Morgan fingerprint density at radius 1 is 1.05 bits per heavy atom. The lowest BCUT2D eigenvalue weighted by molar-refractivity contribution is -0.137. The van der Waals surface area contributed by atoms with Gasteiger partial charge in [-0.1, -0.05) is 12.1 Å². The van der Waals surface area contributed by atoms with Crippen LogP contribution in [-0.2, 0) is 21.1 Å². The van der Waals surface area contributed by atoms with Crippen molar-refractivity contribution in [2.45, 2.75) is 17.4 Å². The first-order valence-corrected chi connectivity index (χ1v) is 13.2. The molecule has 3 N–H and O–H groups in total. The largest absolute Gasteiger partial charge is 0.480 e. The number of nitrogens with one attached hydrogen (secondary N) is 2. The third kappa shape index (κ3) is 8.01. The Balaban J connectivity index is 1.81. The number of nitrogens with zero attached hydrogens (tertiary/aromatic N) is 4. The van der Waals surface area contributed by atoms with E-state index in [1.54, 1.807) is 57.4 Å². The van der Waals surface area contributed by atoms with Crippen molar-refractivity contribution >= 4 is 39.4 Å². The third-order valence-corrected chi connectivity index (χ3v) is 6.86. The molecule has 0 fully saturated rings. The van der Waals surface area contributed by atoms with Gasteiger partial charge >= 0.3 is 12.1 Å². The smallest absolute Gasteiger partial charge is 0.414 e. The van der Waals surface area contributed by atoms with Crippen LogP contribution in [0.1, 0.15) is 5.56 Å². The van der Waals surface area contributed by atoms with Crippen LogP contribution in [0, 0.1) is 5.82 Å². The molecule has 208 valence electrons. The Morgan fingerprint density at radius 3 is 2.26 bits per heavy atom. The Labute approximate surface area is 225 Å². The molecule has 0 aliphatic heterocycles. The lowest BCUT2D eigenvalue weighted by Crippen LogP contribution is -2.32. The molecule has 1 aromatic heterocycles. The highest BCUT2D eigenvalue weighted by molar-refractivity contribution is 7.91. The molecule has 0 radical (unpaired) electrons. The average molecular weight is 561 g/mol. The predicted octanol–water partition coefficient (Wildman–Crippen LogP) is 2.69. The number of hydrogen-bond acceptors (Lipinski definition) is 10. The fourth-order valence-electron chi connectivity index (χ4n) is 3.21. The summed E-state index contributed by atoms with van der Waals surface area (Å²) in [5.74, 6) is -1.66. The van der Waals surface area contributed by atoms with Gasteiger partial charge in [-0.2, -0.15) is 4.98 Å². The summed E-state index contributed by atoms with van der Waals surface area (Å²) >= 11 is 0. The van der Waals surface area contributed by atoms with Crippen molar-refractivity contribution in [2.24, 2.45) is 0 Å². The predicted molar refractivity (Wildman–Crippen MR) is 143 cm³/mol. The monoisotopic (exact) mass is 560 g/mol. The maximum absolute atomic E-state index is 13.2. The van der Waals surface area contributed by atoms with Crippen LogP contribution in [0.2, 0.25) is 0 Å². The van der Waals surface area contributed by atoms with Crippen molar-refractivity contribution in [2.75, 3.05) is 49.6 Å². The summed E-state index contributed by atoms with van der Waals surface area (Å²) in [5, 5.41) is 15.5. The Hall–Kier alpha value is -4.46. The maximum Gasteiger partial charge on any atom is 0.414 e. The van der Waals surface area contributed by atoms with Gasteiger partial charge in [0.1, 0.15) is 23.5 Å². The fourth-order valence-corrected chi connectivity index (χ4v) is 4.27. The number of carbonyl (C=O) groups excluding carboxylic acids is 1. The molecule has 3 aromatic rings. The highest BCUT2D eigenvalue weighted by Crippen LogP contribution is 2.24. The van der Waals surface area contributed by atoms with E-state index in [0.29, 0.717) is 11.3 Å². The van der Waals surface area contributed by atoms with Crippen LogP contribution >= 0.6 is 0 Å². The van der Waals surface area contributed by atoms with Gasteiger partial charge in [0.15, 0.2) is 15.7 Å². The second-order valence-corrected chi connectivity index (χ2v) is 10.9. The van der Waals surface area contributed by atoms with Crippen molar-refractivity contribution in [1.29, 1.82) is 0 Å². The molecule has 0 aliphatic rings. The Bertz CT molecular complexity index is 1420. The number of aliphatic carboxylic acids is 1. The normalized spacial score (nSPS) is 11.8. The Morgan fingerprint density at radius 2 is 1.69 bits per heavy atom. The molecule has 0 saturated heterocycles. The van der Waals surface area contributed by atoms with Gasteiger partial charge in [-0.15, -0.1) is 0 Å². The van der Waals surface area contributed by atoms with Gasteiger partial charge in [-0.25, -0.2) is 27.4 Å². The molecule has 39 heavy (non-hydrogen) atoms. The Kier molecular flexibility index (Phi) is 9.24. The molecule has 0 spiro atoms. The van der Waals surface area contributed by atoms with E-state index in [0.717, 1.165) is 24.3 Å². The first kappa shape index (κ1) is 29.1. The molecule has 0 saturated carbocycles. The highest BCUT2D eigenvalue weighted by Gasteiger charge is 2.22. The first-order chi connectivity index (χ1) is 18.4. The van der Waals surface area contributed by atoms with E-state index in [2.05, 4.69) is 20.6 Å². The van der Waals surface area contributed by atoms with Gasteiger partial charge < -0.3 is 30.3 Å². The van der Waals surface area contributed by atoms with E-state index >= 15 is 0 Å². The van der Waals surface area contributed by atoms with Crippen LogP contribution in [0.15, 0.2) is 59.6 Å². The number of hydrogen-bond donors (Lipinski definition) is 3. The highest BCUT2D eigenvalue weighted by atomic mass is 32.2. The van der Waals surface area contributed by atoms with Crippen LogP contribution in [0.4, 0.5) is 26.6 Å². The average Bonchev–Trinajstić information content (AvgIpc) is 2.88. The number of sulfone groups is 1. The zero-order chi connectivity index (χ0) is 28.7. The van der Waals surface area contributed by atoms with Gasteiger partial charge in [-0.05, 0) is 42.0 Å². The minimum absolute atomic E-state index is 0.0336. The summed E-state index contributed by atoms with van der Waals surface area (Å²) < 4.78 is 43.8. The number of amides is 1. The SMILES string of the molecule is CN(C)C(=O)Oc1ccc(CC(Nc2nc(N(C)C)ncc2NCS(=O)(=O)c2ccc(F)cc2)C(=O)O)cc1. The molecule has 0 aliphatic carbocycles. The van der Waals surface area contributed by atoms with Crippen molar-refractivity contribution in [3.8, 4) is 5.75 Å². The molecule has 2 aromatic carbocycles. The molecule has 1 atom stereocenters. The molecule has 1 heterocycles. The molecule has 3 rings (SSSR count). The number of benzene rings is 2.